The summed E-state index contributed by atoms with van der Waals surface area (Å²) in [6.07, 6.45) is 0. The van der Waals surface area contributed by atoms with E-state index in [4.69, 9.17) is 14.6 Å². The highest BCUT2D eigenvalue weighted by molar-refractivity contribution is 5.85. The van der Waals surface area contributed by atoms with Crippen LogP contribution >= 0.6 is 0 Å². The summed E-state index contributed by atoms with van der Waals surface area (Å²) in [7, 11) is 0. The van der Waals surface area contributed by atoms with Crippen molar-refractivity contribution in [1.82, 2.24) is 0 Å². The fraction of sp³-hybridized carbons (Fsp3) is 0.786. The van der Waals surface area contributed by atoms with E-state index in [0.29, 0.717) is 26.4 Å². The van der Waals surface area contributed by atoms with E-state index in [1.807, 2.05) is 0 Å². The summed E-state index contributed by atoms with van der Waals surface area (Å²) in [6.45, 7) is 15.3. The third kappa shape index (κ3) is 16.9. The maximum Gasteiger partial charge on any atom is 0.372 e. The van der Waals surface area contributed by atoms with E-state index in [9.17, 15) is 4.79 Å². The summed E-state index contributed by atoms with van der Waals surface area (Å²) in [5.74, 6) is -0.409. The van der Waals surface area contributed by atoms with Gasteiger partial charge in [-0.25, -0.2) is 4.79 Å². The lowest BCUT2D eigenvalue weighted by Gasteiger charge is -2.17. The predicted molar refractivity (Wildman–Crippen MR) is 74.8 cm³/mol. The Kier molecular flexibility index (Phi) is 12.8. The molecule has 0 aliphatic heterocycles. The average molecular weight is 276 g/mol. The molecule has 0 saturated carbocycles. The Balaban J connectivity index is 0. The second-order valence-electron chi connectivity index (χ2n) is 4.91. The summed E-state index contributed by atoms with van der Waals surface area (Å²) in [5.41, 5.74) is 0.217. The SMILES string of the molecule is C=C(OCC)C(=O)OCC.CC(C)(C)COCCO. The van der Waals surface area contributed by atoms with Crippen molar-refractivity contribution in [2.24, 2.45) is 5.41 Å². The highest BCUT2D eigenvalue weighted by Crippen LogP contribution is 2.12. The van der Waals surface area contributed by atoms with Crippen LogP contribution < -0.4 is 0 Å². The Morgan fingerprint density at radius 2 is 1.68 bits per heavy atom. The molecule has 0 rings (SSSR count). The van der Waals surface area contributed by atoms with Gasteiger partial charge in [-0.2, -0.15) is 0 Å². The highest BCUT2D eigenvalue weighted by atomic mass is 16.6. The Labute approximate surface area is 116 Å². The van der Waals surface area contributed by atoms with Gasteiger partial charge in [0, 0.05) is 0 Å². The molecule has 0 unspecified atom stereocenters. The highest BCUT2D eigenvalue weighted by Gasteiger charge is 2.08. The van der Waals surface area contributed by atoms with Crippen molar-refractivity contribution < 1.29 is 24.1 Å². The van der Waals surface area contributed by atoms with E-state index in [-0.39, 0.29) is 17.8 Å². The molecule has 0 atom stereocenters. The monoisotopic (exact) mass is 276 g/mol. The number of hydrogen-bond donors (Lipinski definition) is 1. The van der Waals surface area contributed by atoms with Gasteiger partial charge in [0.25, 0.3) is 0 Å². The lowest BCUT2D eigenvalue weighted by Crippen LogP contribution is -2.15. The zero-order chi connectivity index (χ0) is 15.3. The summed E-state index contributed by atoms with van der Waals surface area (Å²) in [5, 5.41) is 8.34. The second kappa shape index (κ2) is 12.0. The summed E-state index contributed by atoms with van der Waals surface area (Å²) < 4.78 is 14.5. The summed E-state index contributed by atoms with van der Waals surface area (Å²) in [6, 6.07) is 0. The fourth-order valence-corrected chi connectivity index (χ4v) is 0.888. The van der Waals surface area contributed by atoms with E-state index in [2.05, 4.69) is 32.1 Å². The second-order valence-corrected chi connectivity index (χ2v) is 4.91. The van der Waals surface area contributed by atoms with Crippen LogP contribution in [0.4, 0.5) is 0 Å². The number of carbonyl (C=O) groups excluding carboxylic acids is 1. The van der Waals surface area contributed by atoms with E-state index in [1.165, 1.54) is 0 Å². The quantitative estimate of drug-likeness (QED) is 0.334. The molecule has 0 radical (unpaired) electrons. The molecule has 5 heteroatoms. The number of esters is 1. The molecule has 0 heterocycles. The number of hydrogen-bond acceptors (Lipinski definition) is 5. The van der Waals surface area contributed by atoms with Crippen LogP contribution in [-0.4, -0.2) is 44.1 Å². The first-order chi connectivity index (χ1) is 8.78. The molecule has 0 aliphatic carbocycles. The minimum atomic E-state index is -0.482. The van der Waals surface area contributed by atoms with Crippen molar-refractivity contribution >= 4 is 5.97 Å². The molecule has 0 aromatic rings. The van der Waals surface area contributed by atoms with Crippen molar-refractivity contribution in [2.45, 2.75) is 34.6 Å². The fourth-order valence-electron chi connectivity index (χ4n) is 0.888. The van der Waals surface area contributed by atoms with Gasteiger partial charge >= 0.3 is 5.97 Å². The van der Waals surface area contributed by atoms with Crippen LogP contribution in [0.25, 0.3) is 0 Å². The number of ether oxygens (including phenoxy) is 3. The molecule has 0 saturated heterocycles. The van der Waals surface area contributed by atoms with Crippen LogP contribution in [0.2, 0.25) is 0 Å². The van der Waals surface area contributed by atoms with Gasteiger partial charge in [0.1, 0.15) is 0 Å². The van der Waals surface area contributed by atoms with Crippen molar-refractivity contribution in [1.29, 1.82) is 0 Å². The zero-order valence-corrected chi connectivity index (χ0v) is 12.8. The standard InChI is InChI=1S/C7H12O3.C7H16O2/c1-4-9-6(3)7(8)10-5-2;1-7(2,3)6-9-5-4-8/h3-5H2,1-2H3;8H,4-6H2,1-3H3. The van der Waals surface area contributed by atoms with Gasteiger partial charge in [-0.3, -0.25) is 0 Å². The minimum Gasteiger partial charge on any atom is -0.487 e. The van der Waals surface area contributed by atoms with Gasteiger partial charge in [-0.15, -0.1) is 0 Å². The lowest BCUT2D eigenvalue weighted by atomic mass is 9.99. The molecule has 0 aromatic heterocycles. The molecule has 19 heavy (non-hydrogen) atoms. The molecule has 0 amide bonds. The maximum atomic E-state index is 10.7. The molecule has 0 fully saturated rings. The van der Waals surface area contributed by atoms with E-state index in [0.717, 1.165) is 0 Å². The third-order valence-corrected chi connectivity index (χ3v) is 1.59. The van der Waals surface area contributed by atoms with Gasteiger partial charge in [-0.05, 0) is 25.8 Å². The summed E-state index contributed by atoms with van der Waals surface area (Å²) in [4.78, 5) is 10.7. The van der Waals surface area contributed by atoms with Crippen molar-refractivity contribution in [2.75, 3.05) is 33.0 Å². The van der Waals surface area contributed by atoms with Crippen LogP contribution in [0.5, 0.6) is 0 Å². The van der Waals surface area contributed by atoms with Gasteiger partial charge in [0.15, 0.2) is 5.76 Å². The molecule has 0 spiro atoms. The Bertz CT molecular complexity index is 227. The van der Waals surface area contributed by atoms with Crippen molar-refractivity contribution in [3.63, 3.8) is 0 Å². The maximum absolute atomic E-state index is 10.7. The molecule has 114 valence electrons. The zero-order valence-electron chi connectivity index (χ0n) is 12.8. The predicted octanol–water partition coefficient (Wildman–Crippen LogP) is 2.14. The lowest BCUT2D eigenvalue weighted by molar-refractivity contribution is -0.142. The Hall–Kier alpha value is -1.07. The molecule has 1 N–H and O–H groups in total. The molecule has 5 nitrogen and oxygen atoms in total. The normalized spacial score (nSPS) is 10.2. The largest absolute Gasteiger partial charge is 0.487 e. The van der Waals surface area contributed by atoms with Crippen LogP contribution in [0.1, 0.15) is 34.6 Å². The molecule has 0 bridgehead atoms. The first-order valence-electron chi connectivity index (χ1n) is 6.45. The molecule has 0 aromatic carbocycles. The van der Waals surface area contributed by atoms with Crippen LogP contribution in [0, 0.1) is 5.41 Å². The smallest absolute Gasteiger partial charge is 0.372 e. The van der Waals surface area contributed by atoms with Gasteiger partial charge in [-0.1, -0.05) is 20.8 Å². The number of rotatable bonds is 7. The topological polar surface area (TPSA) is 65.0 Å². The van der Waals surface area contributed by atoms with Crippen LogP contribution in [-0.2, 0) is 19.0 Å². The van der Waals surface area contributed by atoms with Crippen molar-refractivity contribution in [3.05, 3.63) is 12.3 Å². The first kappa shape index (κ1) is 20.3. The third-order valence-electron chi connectivity index (χ3n) is 1.59. The van der Waals surface area contributed by atoms with Crippen LogP contribution in [0.3, 0.4) is 0 Å². The van der Waals surface area contributed by atoms with Gasteiger partial charge in [0.05, 0.1) is 33.0 Å². The van der Waals surface area contributed by atoms with Crippen LogP contribution in [0.15, 0.2) is 12.3 Å². The molecule has 0 aliphatic rings. The van der Waals surface area contributed by atoms with E-state index >= 15 is 0 Å². The molecular formula is C14H28O5. The summed E-state index contributed by atoms with van der Waals surface area (Å²) >= 11 is 0. The Morgan fingerprint density at radius 1 is 1.16 bits per heavy atom. The number of aliphatic hydroxyl groups excluding tert-OH is 1. The van der Waals surface area contributed by atoms with E-state index in [1.54, 1.807) is 13.8 Å². The van der Waals surface area contributed by atoms with Crippen molar-refractivity contribution in [3.8, 4) is 0 Å². The Morgan fingerprint density at radius 3 is 2.05 bits per heavy atom. The minimum absolute atomic E-state index is 0.0735. The van der Waals surface area contributed by atoms with Gasteiger partial charge in [0.2, 0.25) is 0 Å². The number of aliphatic hydroxyl groups is 1. The molecular weight excluding hydrogens is 248 g/mol. The first-order valence-corrected chi connectivity index (χ1v) is 6.45. The van der Waals surface area contributed by atoms with Gasteiger partial charge < -0.3 is 19.3 Å². The average Bonchev–Trinajstić information content (AvgIpc) is 2.29. The van der Waals surface area contributed by atoms with E-state index < -0.39 is 5.97 Å². The number of carbonyl (C=O) groups is 1.